The van der Waals surface area contributed by atoms with Crippen molar-refractivity contribution >= 4 is 0 Å². The minimum absolute atomic E-state index is 0.325. The van der Waals surface area contributed by atoms with Crippen LogP contribution in [-0.4, -0.2) is 17.8 Å². The molecule has 1 saturated carbocycles. The Kier molecular flexibility index (Phi) is 4.35. The number of aliphatic hydroxyl groups excluding tert-OH is 1. The van der Waals surface area contributed by atoms with Crippen LogP contribution in [0, 0.1) is 5.92 Å². The van der Waals surface area contributed by atoms with Crippen molar-refractivity contribution in [2.75, 3.05) is 6.61 Å². The third-order valence-corrected chi connectivity index (χ3v) is 3.37. The van der Waals surface area contributed by atoms with Crippen LogP contribution >= 0.6 is 0 Å². The smallest absolute Gasteiger partial charge is 0.0751 e. The van der Waals surface area contributed by atoms with Crippen molar-refractivity contribution in [3.05, 3.63) is 48.0 Å². The molecule has 1 aliphatic carbocycles. The Labute approximate surface area is 103 Å². The van der Waals surface area contributed by atoms with Crippen LogP contribution in [0.5, 0.6) is 0 Å². The van der Waals surface area contributed by atoms with Gasteiger partial charge in [-0.15, -0.1) is 0 Å². The lowest BCUT2D eigenvalue weighted by Crippen LogP contribution is -2.24. The second-order valence-electron chi connectivity index (χ2n) is 4.82. The van der Waals surface area contributed by atoms with E-state index in [9.17, 15) is 5.11 Å². The summed E-state index contributed by atoms with van der Waals surface area (Å²) >= 11 is 0. The molecule has 0 saturated heterocycles. The molecule has 1 fully saturated rings. The molecule has 0 radical (unpaired) electrons. The fourth-order valence-corrected chi connectivity index (χ4v) is 2.23. The van der Waals surface area contributed by atoms with Gasteiger partial charge in [0.2, 0.25) is 0 Å². The highest BCUT2D eigenvalue weighted by Crippen LogP contribution is 2.27. The molecule has 0 bridgehead atoms. The standard InChI is InChI=1S/C15H20O2/c1-12-7-8-14(9-15(12)16)11-17-10-13-5-3-2-4-6-13/h2-6,14-16H,1,7-11H2/t14-,15+/m1/s1. The normalized spacial score (nSPS) is 24.9. The molecular formula is C15H20O2. The van der Waals surface area contributed by atoms with Crippen LogP contribution in [0.2, 0.25) is 0 Å². The summed E-state index contributed by atoms with van der Waals surface area (Å²) in [7, 11) is 0. The highest BCUT2D eigenvalue weighted by molar-refractivity contribution is 5.13. The average molecular weight is 232 g/mol. The molecule has 2 nitrogen and oxygen atoms in total. The van der Waals surface area contributed by atoms with Crippen LogP contribution in [0.15, 0.2) is 42.5 Å². The highest BCUT2D eigenvalue weighted by atomic mass is 16.5. The summed E-state index contributed by atoms with van der Waals surface area (Å²) in [5.41, 5.74) is 2.18. The van der Waals surface area contributed by atoms with E-state index in [1.165, 1.54) is 5.56 Å². The molecule has 0 aromatic heterocycles. The maximum atomic E-state index is 9.71. The Bertz CT molecular complexity index is 358. The van der Waals surface area contributed by atoms with Gasteiger partial charge in [-0.3, -0.25) is 0 Å². The zero-order valence-electron chi connectivity index (χ0n) is 10.1. The Morgan fingerprint density at radius 1 is 1.29 bits per heavy atom. The van der Waals surface area contributed by atoms with Crippen LogP contribution in [-0.2, 0) is 11.3 Å². The van der Waals surface area contributed by atoms with Gasteiger partial charge in [0.25, 0.3) is 0 Å². The molecule has 1 aromatic rings. The van der Waals surface area contributed by atoms with E-state index in [0.29, 0.717) is 12.5 Å². The molecule has 17 heavy (non-hydrogen) atoms. The van der Waals surface area contributed by atoms with Gasteiger partial charge in [0.1, 0.15) is 0 Å². The zero-order valence-corrected chi connectivity index (χ0v) is 10.1. The Morgan fingerprint density at radius 3 is 2.76 bits per heavy atom. The summed E-state index contributed by atoms with van der Waals surface area (Å²) < 4.78 is 5.70. The van der Waals surface area contributed by atoms with E-state index < -0.39 is 0 Å². The van der Waals surface area contributed by atoms with E-state index >= 15 is 0 Å². The number of hydrogen-bond donors (Lipinski definition) is 1. The van der Waals surface area contributed by atoms with E-state index in [-0.39, 0.29) is 6.10 Å². The van der Waals surface area contributed by atoms with Gasteiger partial charge in [0.15, 0.2) is 0 Å². The number of benzene rings is 1. The largest absolute Gasteiger partial charge is 0.389 e. The lowest BCUT2D eigenvalue weighted by molar-refractivity contribution is 0.0528. The first-order chi connectivity index (χ1) is 8.25. The van der Waals surface area contributed by atoms with Gasteiger partial charge in [-0.2, -0.15) is 0 Å². The van der Waals surface area contributed by atoms with Gasteiger partial charge in [0, 0.05) is 6.61 Å². The molecule has 1 aliphatic rings. The van der Waals surface area contributed by atoms with Crippen molar-refractivity contribution in [1.82, 2.24) is 0 Å². The topological polar surface area (TPSA) is 29.5 Å². The van der Waals surface area contributed by atoms with Crippen LogP contribution in [0.3, 0.4) is 0 Å². The van der Waals surface area contributed by atoms with Gasteiger partial charge in [-0.05, 0) is 36.3 Å². The number of rotatable bonds is 4. The SMILES string of the molecule is C=C1CC[C@@H](COCc2ccccc2)C[C@@H]1O. The summed E-state index contributed by atoms with van der Waals surface area (Å²) in [4.78, 5) is 0. The molecule has 0 unspecified atom stereocenters. The summed E-state index contributed by atoms with van der Waals surface area (Å²) in [6.45, 7) is 5.26. The molecule has 0 heterocycles. The van der Waals surface area contributed by atoms with Crippen LogP contribution in [0.1, 0.15) is 24.8 Å². The second-order valence-corrected chi connectivity index (χ2v) is 4.82. The monoisotopic (exact) mass is 232 g/mol. The number of hydrogen-bond acceptors (Lipinski definition) is 2. The lowest BCUT2D eigenvalue weighted by Gasteiger charge is -2.27. The van der Waals surface area contributed by atoms with E-state index in [1.807, 2.05) is 18.2 Å². The Hall–Kier alpha value is -1.12. The van der Waals surface area contributed by atoms with E-state index in [4.69, 9.17) is 4.74 Å². The Balaban J connectivity index is 1.71. The molecule has 2 atom stereocenters. The fourth-order valence-electron chi connectivity index (χ4n) is 2.23. The quantitative estimate of drug-likeness (QED) is 0.809. The third-order valence-electron chi connectivity index (χ3n) is 3.37. The maximum absolute atomic E-state index is 9.71. The van der Waals surface area contributed by atoms with E-state index in [2.05, 4.69) is 18.7 Å². The summed E-state index contributed by atoms with van der Waals surface area (Å²) in [6.07, 6.45) is 2.49. The van der Waals surface area contributed by atoms with Crippen molar-refractivity contribution in [1.29, 1.82) is 0 Å². The highest BCUT2D eigenvalue weighted by Gasteiger charge is 2.22. The molecule has 92 valence electrons. The van der Waals surface area contributed by atoms with Gasteiger partial charge in [-0.25, -0.2) is 0 Å². The van der Waals surface area contributed by atoms with Crippen LogP contribution < -0.4 is 0 Å². The molecular weight excluding hydrogens is 212 g/mol. The third kappa shape index (κ3) is 3.69. The number of ether oxygens (including phenoxy) is 1. The lowest BCUT2D eigenvalue weighted by atomic mass is 9.85. The van der Waals surface area contributed by atoms with Gasteiger partial charge < -0.3 is 9.84 Å². The van der Waals surface area contributed by atoms with Crippen molar-refractivity contribution in [3.63, 3.8) is 0 Å². The minimum atomic E-state index is -0.325. The zero-order chi connectivity index (χ0) is 12.1. The molecule has 0 aliphatic heterocycles. The molecule has 1 N–H and O–H groups in total. The number of aliphatic hydroxyl groups is 1. The van der Waals surface area contributed by atoms with Crippen LogP contribution in [0.4, 0.5) is 0 Å². The van der Waals surface area contributed by atoms with E-state index in [0.717, 1.165) is 31.4 Å². The van der Waals surface area contributed by atoms with Crippen molar-refractivity contribution < 1.29 is 9.84 Å². The first-order valence-corrected chi connectivity index (χ1v) is 6.23. The second kappa shape index (κ2) is 5.99. The summed E-state index contributed by atoms with van der Waals surface area (Å²) in [5, 5.41) is 9.71. The van der Waals surface area contributed by atoms with Gasteiger partial charge >= 0.3 is 0 Å². The molecule has 2 rings (SSSR count). The summed E-state index contributed by atoms with van der Waals surface area (Å²) in [5.74, 6) is 0.471. The first-order valence-electron chi connectivity index (χ1n) is 6.23. The van der Waals surface area contributed by atoms with Gasteiger partial charge in [-0.1, -0.05) is 36.9 Å². The van der Waals surface area contributed by atoms with Crippen molar-refractivity contribution in [2.24, 2.45) is 5.92 Å². The average Bonchev–Trinajstić information content (AvgIpc) is 2.35. The van der Waals surface area contributed by atoms with Crippen molar-refractivity contribution in [3.8, 4) is 0 Å². The summed E-state index contributed by atoms with van der Waals surface area (Å²) in [6, 6.07) is 10.2. The Morgan fingerprint density at radius 2 is 2.06 bits per heavy atom. The van der Waals surface area contributed by atoms with Gasteiger partial charge in [0.05, 0.1) is 12.7 Å². The maximum Gasteiger partial charge on any atom is 0.0751 e. The van der Waals surface area contributed by atoms with Crippen LogP contribution in [0.25, 0.3) is 0 Å². The van der Waals surface area contributed by atoms with Crippen molar-refractivity contribution in [2.45, 2.75) is 32.0 Å². The first kappa shape index (κ1) is 12.3. The minimum Gasteiger partial charge on any atom is -0.389 e. The predicted molar refractivity (Wildman–Crippen MR) is 68.6 cm³/mol. The predicted octanol–water partition coefficient (Wildman–Crippen LogP) is 2.92. The molecule has 2 heteroatoms. The molecule has 1 aromatic carbocycles. The molecule has 0 amide bonds. The van der Waals surface area contributed by atoms with E-state index in [1.54, 1.807) is 0 Å². The fraction of sp³-hybridized carbons (Fsp3) is 0.467. The molecule has 0 spiro atoms.